The number of azo groups is 1. The number of anilines is 1. The maximum atomic E-state index is 4.39. The van der Waals surface area contributed by atoms with Crippen LogP contribution >= 0.6 is 0 Å². The molecular formula is C22H29N8+. The minimum absolute atomic E-state index is 0.781. The van der Waals surface area contributed by atoms with Crippen molar-refractivity contribution in [3.8, 4) is 0 Å². The summed E-state index contributed by atoms with van der Waals surface area (Å²) in [6.45, 7) is 13.4. The molecule has 3 saturated heterocycles. The number of H-pyrrole nitrogens is 1. The van der Waals surface area contributed by atoms with Crippen molar-refractivity contribution < 1.29 is 4.48 Å². The van der Waals surface area contributed by atoms with E-state index in [2.05, 4.69) is 54.5 Å². The third-order valence-electron chi connectivity index (χ3n) is 6.70. The van der Waals surface area contributed by atoms with Gasteiger partial charge in [-0.15, -0.1) is 5.10 Å². The van der Waals surface area contributed by atoms with E-state index >= 15 is 0 Å². The molecule has 0 unspecified atom stereocenters. The van der Waals surface area contributed by atoms with Crippen LogP contribution in [-0.4, -0.2) is 83.7 Å². The van der Waals surface area contributed by atoms with Crippen LogP contribution in [0.5, 0.6) is 0 Å². The van der Waals surface area contributed by atoms with Gasteiger partial charge in [0.25, 0.3) is 0 Å². The van der Waals surface area contributed by atoms with Gasteiger partial charge in [0.15, 0.2) is 0 Å². The molecule has 0 spiro atoms. The Morgan fingerprint density at radius 1 is 1.00 bits per heavy atom. The predicted molar refractivity (Wildman–Crippen MR) is 119 cm³/mol. The van der Waals surface area contributed by atoms with Crippen molar-refractivity contribution in [2.75, 3.05) is 63.8 Å². The van der Waals surface area contributed by atoms with E-state index < -0.39 is 0 Å². The molecule has 0 saturated carbocycles. The monoisotopic (exact) mass is 405 g/mol. The number of nitrogens with zero attached hydrogens (tertiary/aromatic N) is 7. The number of quaternary nitrogens is 1. The normalized spacial score (nSPS) is 23.4. The second-order valence-corrected chi connectivity index (χ2v) is 8.39. The molecule has 0 atom stereocenters. The van der Waals surface area contributed by atoms with Gasteiger partial charge in [-0.1, -0.05) is 5.21 Å². The highest BCUT2D eigenvalue weighted by molar-refractivity contribution is 5.76. The minimum Gasteiger partial charge on any atom is -0.366 e. The van der Waals surface area contributed by atoms with E-state index in [-0.39, 0.29) is 0 Å². The van der Waals surface area contributed by atoms with Crippen LogP contribution in [-0.2, 0) is 0 Å². The number of aromatic nitrogens is 3. The Morgan fingerprint density at radius 3 is 2.43 bits per heavy atom. The predicted octanol–water partition coefficient (Wildman–Crippen LogP) is 3.35. The average molecular weight is 406 g/mol. The zero-order chi connectivity index (χ0) is 20.4. The van der Waals surface area contributed by atoms with Crippen molar-refractivity contribution in [3.63, 3.8) is 0 Å². The van der Waals surface area contributed by atoms with E-state index in [9.17, 15) is 0 Å². The molecule has 3 fully saturated rings. The summed E-state index contributed by atoms with van der Waals surface area (Å²) in [7, 11) is 0. The van der Waals surface area contributed by atoms with Crippen molar-refractivity contribution in [1.82, 2.24) is 20.3 Å². The van der Waals surface area contributed by atoms with Gasteiger partial charge in [0, 0.05) is 31.9 Å². The summed E-state index contributed by atoms with van der Waals surface area (Å²) in [5.74, 6) is 0. The molecule has 30 heavy (non-hydrogen) atoms. The number of likely N-dealkylation sites (N-methyl/N-ethyl adjacent to an activating group) is 1. The third kappa shape index (κ3) is 3.93. The lowest BCUT2D eigenvalue weighted by molar-refractivity contribution is -0.939. The first-order chi connectivity index (χ1) is 14.7. The largest absolute Gasteiger partial charge is 0.366 e. The van der Waals surface area contributed by atoms with Crippen LogP contribution < -0.4 is 4.90 Å². The van der Waals surface area contributed by atoms with E-state index in [0.717, 1.165) is 35.5 Å². The first kappa shape index (κ1) is 19.1. The highest BCUT2D eigenvalue weighted by Crippen LogP contribution is 2.25. The zero-order valence-corrected chi connectivity index (χ0v) is 17.5. The smallest absolute Gasteiger partial charge is 0.113 e. The third-order valence-corrected chi connectivity index (χ3v) is 6.70. The van der Waals surface area contributed by atoms with Crippen LogP contribution in [0.4, 0.5) is 17.1 Å². The Bertz CT molecular complexity index is 1000. The quantitative estimate of drug-likeness (QED) is 0.483. The highest BCUT2D eigenvalue weighted by atomic mass is 15.5. The van der Waals surface area contributed by atoms with Gasteiger partial charge >= 0.3 is 0 Å². The Hall–Kier alpha value is -2.84. The number of piperazine rings is 3. The maximum Gasteiger partial charge on any atom is 0.113 e. The second-order valence-electron chi connectivity index (χ2n) is 8.39. The number of hydrogen-bond donors (Lipinski definition) is 1. The lowest BCUT2D eigenvalue weighted by atomic mass is 10.1. The van der Waals surface area contributed by atoms with Crippen molar-refractivity contribution in [3.05, 3.63) is 42.5 Å². The molecule has 6 rings (SSSR count). The molecule has 2 aromatic carbocycles. The molecule has 1 N–H and O–H groups in total. The van der Waals surface area contributed by atoms with Crippen LogP contribution in [0.15, 0.2) is 52.7 Å². The molecule has 8 nitrogen and oxygen atoms in total. The maximum absolute atomic E-state index is 4.39. The Kier molecular flexibility index (Phi) is 5.18. The summed E-state index contributed by atoms with van der Waals surface area (Å²) in [5.41, 5.74) is 4.59. The van der Waals surface area contributed by atoms with E-state index in [1.54, 1.807) is 0 Å². The Balaban J connectivity index is 1.22. The minimum atomic E-state index is 0.781. The standard InChI is InChI=1S/C22H29N8/c1-2-29(12-16-30-13-9-28(10-14-30)11-15-30)20-6-3-18(4-7-20)23-24-19-5-8-21-22(17-19)26-27-25-21/h3-8,17H,2,9-16H2,1H3,(H,25,26,27)/q+1. The summed E-state index contributed by atoms with van der Waals surface area (Å²) in [6.07, 6.45) is 0. The van der Waals surface area contributed by atoms with E-state index in [0.29, 0.717) is 0 Å². The fourth-order valence-electron chi connectivity index (χ4n) is 4.61. The van der Waals surface area contributed by atoms with E-state index in [1.165, 1.54) is 56.0 Å². The number of nitrogens with one attached hydrogen (secondary N) is 1. The Morgan fingerprint density at radius 2 is 1.70 bits per heavy atom. The zero-order valence-electron chi connectivity index (χ0n) is 17.5. The summed E-state index contributed by atoms with van der Waals surface area (Å²) in [4.78, 5) is 5.09. The molecule has 0 amide bonds. The molecule has 3 aliphatic rings. The van der Waals surface area contributed by atoms with Crippen LogP contribution in [0.1, 0.15) is 6.92 Å². The molecule has 3 aliphatic heterocycles. The van der Waals surface area contributed by atoms with Gasteiger partial charge < -0.3 is 9.38 Å². The number of benzene rings is 2. The highest BCUT2D eigenvalue weighted by Gasteiger charge is 2.38. The van der Waals surface area contributed by atoms with Gasteiger partial charge in [-0.2, -0.15) is 10.2 Å². The van der Waals surface area contributed by atoms with Gasteiger partial charge in [-0.05, 0) is 49.4 Å². The average Bonchev–Trinajstić information content (AvgIpc) is 3.28. The molecule has 4 heterocycles. The molecule has 8 heteroatoms. The lowest BCUT2D eigenvalue weighted by Crippen LogP contribution is -2.68. The molecule has 2 bridgehead atoms. The van der Waals surface area contributed by atoms with Crippen molar-refractivity contribution in [1.29, 1.82) is 0 Å². The van der Waals surface area contributed by atoms with Gasteiger partial charge in [-0.3, -0.25) is 10.00 Å². The first-order valence-corrected chi connectivity index (χ1v) is 10.9. The molecule has 3 aromatic rings. The molecule has 1 aromatic heterocycles. The molecular weight excluding hydrogens is 376 g/mol. The van der Waals surface area contributed by atoms with Gasteiger partial charge in [0.2, 0.25) is 0 Å². The van der Waals surface area contributed by atoms with Crippen molar-refractivity contribution >= 4 is 28.1 Å². The van der Waals surface area contributed by atoms with Crippen molar-refractivity contribution in [2.45, 2.75) is 6.92 Å². The number of fused-ring (bicyclic) bond motifs is 4. The molecule has 0 radical (unpaired) electrons. The van der Waals surface area contributed by atoms with Crippen LogP contribution in [0.25, 0.3) is 11.0 Å². The van der Waals surface area contributed by atoms with Crippen LogP contribution in [0.2, 0.25) is 0 Å². The first-order valence-electron chi connectivity index (χ1n) is 10.9. The fourth-order valence-corrected chi connectivity index (χ4v) is 4.61. The van der Waals surface area contributed by atoms with Crippen LogP contribution in [0.3, 0.4) is 0 Å². The Labute approximate surface area is 176 Å². The number of hydrogen-bond acceptors (Lipinski definition) is 6. The van der Waals surface area contributed by atoms with Gasteiger partial charge in [0.05, 0.1) is 49.6 Å². The summed E-state index contributed by atoms with van der Waals surface area (Å²) < 4.78 is 1.30. The van der Waals surface area contributed by atoms with E-state index in [1.807, 2.05) is 30.3 Å². The van der Waals surface area contributed by atoms with Crippen molar-refractivity contribution in [2.24, 2.45) is 10.2 Å². The lowest BCUT2D eigenvalue weighted by Gasteiger charge is -2.51. The summed E-state index contributed by atoms with van der Waals surface area (Å²) >= 11 is 0. The van der Waals surface area contributed by atoms with E-state index in [4.69, 9.17) is 0 Å². The van der Waals surface area contributed by atoms with Gasteiger partial charge in [-0.25, -0.2) is 0 Å². The topological polar surface area (TPSA) is 72.8 Å². The molecule has 0 aliphatic carbocycles. The fraction of sp³-hybridized carbons (Fsp3) is 0.455. The van der Waals surface area contributed by atoms with Gasteiger partial charge in [0.1, 0.15) is 5.52 Å². The number of aromatic amines is 1. The summed E-state index contributed by atoms with van der Waals surface area (Å²) in [6, 6.07) is 14.1. The molecule has 156 valence electrons. The number of rotatable bonds is 7. The van der Waals surface area contributed by atoms with Crippen LogP contribution in [0, 0.1) is 0 Å². The SMILES string of the molecule is CCN(CC[N+]12CCN(CC1)CC2)c1ccc(N=Nc2ccc3nn[nH]c3c2)cc1. The second kappa shape index (κ2) is 8.12. The summed E-state index contributed by atoms with van der Waals surface area (Å²) in [5, 5.41) is 19.4.